The summed E-state index contributed by atoms with van der Waals surface area (Å²) < 4.78 is 0. The second kappa shape index (κ2) is 7.81. The number of hydrogen-bond acceptors (Lipinski definition) is 3. The first kappa shape index (κ1) is 17.6. The molecule has 2 N–H and O–H groups in total. The number of fused-ring (bicyclic) bond motifs is 1. The molecule has 2 atom stereocenters. The van der Waals surface area contributed by atoms with E-state index in [9.17, 15) is 9.90 Å². The van der Waals surface area contributed by atoms with E-state index in [4.69, 9.17) is 0 Å². The van der Waals surface area contributed by atoms with Crippen molar-refractivity contribution in [3.63, 3.8) is 0 Å². The number of aliphatic hydroxyl groups excluding tert-OH is 1. The fourth-order valence-electron chi connectivity index (χ4n) is 3.38. The Hall–Kier alpha value is -2.17. The van der Waals surface area contributed by atoms with Crippen molar-refractivity contribution in [1.29, 1.82) is 0 Å². The standard InChI is InChI=1S/C21H26N2O2/c1-15-7-9-17(10-8-15)21(25)13-22-20-11-12-23(16(2)24)14-18-5-3-4-6-19(18)20/h3-10,20-22,25H,11-14H2,1-2H3/t20?,21-/m0/s1. The van der Waals surface area contributed by atoms with Crippen molar-refractivity contribution in [3.05, 3.63) is 70.8 Å². The molecule has 1 aliphatic heterocycles. The van der Waals surface area contributed by atoms with Crippen molar-refractivity contribution in [2.24, 2.45) is 0 Å². The molecule has 3 rings (SSSR count). The van der Waals surface area contributed by atoms with Crippen molar-refractivity contribution >= 4 is 5.91 Å². The molecule has 132 valence electrons. The van der Waals surface area contributed by atoms with Crippen LogP contribution < -0.4 is 5.32 Å². The summed E-state index contributed by atoms with van der Waals surface area (Å²) in [7, 11) is 0. The molecule has 0 saturated carbocycles. The topological polar surface area (TPSA) is 52.6 Å². The summed E-state index contributed by atoms with van der Waals surface area (Å²) in [6.45, 7) is 5.53. The highest BCUT2D eigenvalue weighted by molar-refractivity contribution is 5.73. The molecule has 0 fully saturated rings. The zero-order valence-corrected chi connectivity index (χ0v) is 14.9. The molecule has 0 saturated heterocycles. The second-order valence-electron chi connectivity index (χ2n) is 6.82. The smallest absolute Gasteiger partial charge is 0.219 e. The van der Waals surface area contributed by atoms with E-state index < -0.39 is 6.10 Å². The Labute approximate surface area is 149 Å². The normalized spacial score (nSPS) is 18.4. The first-order chi connectivity index (χ1) is 12.0. The van der Waals surface area contributed by atoms with E-state index in [1.165, 1.54) is 16.7 Å². The molecule has 0 spiro atoms. The molecule has 1 unspecified atom stereocenters. The predicted molar refractivity (Wildman–Crippen MR) is 99.0 cm³/mol. The Morgan fingerprint density at radius 2 is 1.96 bits per heavy atom. The van der Waals surface area contributed by atoms with Gasteiger partial charge in [-0.05, 0) is 30.0 Å². The molecule has 4 nitrogen and oxygen atoms in total. The van der Waals surface area contributed by atoms with Crippen LogP contribution in [0.3, 0.4) is 0 Å². The monoisotopic (exact) mass is 338 g/mol. The Morgan fingerprint density at radius 1 is 1.24 bits per heavy atom. The van der Waals surface area contributed by atoms with Gasteiger partial charge in [0.25, 0.3) is 0 Å². The number of carbonyl (C=O) groups excluding carboxylic acids is 1. The summed E-state index contributed by atoms with van der Waals surface area (Å²) in [5.74, 6) is 0.107. The number of benzene rings is 2. The summed E-state index contributed by atoms with van der Waals surface area (Å²) in [5, 5.41) is 14.0. The molecule has 1 amide bonds. The number of aryl methyl sites for hydroxylation is 1. The van der Waals surface area contributed by atoms with E-state index in [-0.39, 0.29) is 11.9 Å². The minimum Gasteiger partial charge on any atom is -0.387 e. The highest BCUT2D eigenvalue weighted by Gasteiger charge is 2.23. The van der Waals surface area contributed by atoms with Gasteiger partial charge in [0.05, 0.1) is 6.10 Å². The molecule has 1 heterocycles. The molecule has 0 aromatic heterocycles. The molecular weight excluding hydrogens is 312 g/mol. The number of rotatable bonds is 4. The van der Waals surface area contributed by atoms with Gasteiger partial charge in [-0.15, -0.1) is 0 Å². The van der Waals surface area contributed by atoms with E-state index in [0.717, 1.165) is 18.5 Å². The highest BCUT2D eigenvalue weighted by atomic mass is 16.3. The summed E-state index contributed by atoms with van der Waals surface area (Å²) in [6, 6.07) is 16.4. The minimum absolute atomic E-state index is 0.107. The van der Waals surface area contributed by atoms with Crippen LogP contribution in [-0.4, -0.2) is 29.0 Å². The van der Waals surface area contributed by atoms with Gasteiger partial charge < -0.3 is 15.3 Å². The van der Waals surface area contributed by atoms with Crippen LogP contribution in [0.1, 0.15) is 47.7 Å². The van der Waals surface area contributed by atoms with Crippen molar-refractivity contribution in [3.8, 4) is 0 Å². The average molecular weight is 338 g/mol. The third-order valence-electron chi connectivity index (χ3n) is 4.94. The average Bonchev–Trinajstić information content (AvgIpc) is 2.80. The second-order valence-corrected chi connectivity index (χ2v) is 6.82. The van der Waals surface area contributed by atoms with Gasteiger partial charge in [0.15, 0.2) is 0 Å². The van der Waals surface area contributed by atoms with E-state index in [0.29, 0.717) is 13.1 Å². The number of amides is 1. The van der Waals surface area contributed by atoms with Gasteiger partial charge in [-0.2, -0.15) is 0 Å². The van der Waals surface area contributed by atoms with Crippen LogP contribution >= 0.6 is 0 Å². The molecule has 2 aromatic rings. The first-order valence-electron chi connectivity index (χ1n) is 8.86. The SMILES string of the molecule is CC(=O)N1CCC(NC[C@H](O)c2ccc(C)cc2)c2ccccc2C1. The molecule has 2 aromatic carbocycles. The van der Waals surface area contributed by atoms with Gasteiger partial charge >= 0.3 is 0 Å². The predicted octanol–water partition coefficient (Wildman–Crippen LogP) is 3.11. The first-order valence-corrected chi connectivity index (χ1v) is 8.86. The Kier molecular flexibility index (Phi) is 5.51. The molecule has 0 radical (unpaired) electrons. The molecular formula is C21H26N2O2. The van der Waals surface area contributed by atoms with Crippen LogP contribution in [0, 0.1) is 6.92 Å². The Bertz CT molecular complexity index is 727. The number of carbonyl (C=O) groups is 1. The Balaban J connectivity index is 1.71. The number of aliphatic hydroxyl groups is 1. The third-order valence-corrected chi connectivity index (χ3v) is 4.94. The summed E-state index contributed by atoms with van der Waals surface area (Å²) in [6.07, 6.45) is 0.303. The van der Waals surface area contributed by atoms with Crippen LogP contribution in [0.4, 0.5) is 0 Å². The van der Waals surface area contributed by atoms with Gasteiger partial charge in [0.1, 0.15) is 0 Å². The zero-order valence-electron chi connectivity index (χ0n) is 14.9. The van der Waals surface area contributed by atoms with E-state index in [1.807, 2.05) is 48.2 Å². The largest absolute Gasteiger partial charge is 0.387 e. The maximum atomic E-state index is 11.8. The van der Waals surface area contributed by atoms with Gasteiger partial charge in [-0.3, -0.25) is 4.79 Å². The van der Waals surface area contributed by atoms with E-state index >= 15 is 0 Å². The maximum absolute atomic E-state index is 11.8. The van der Waals surface area contributed by atoms with Gasteiger partial charge in [0.2, 0.25) is 5.91 Å². The van der Waals surface area contributed by atoms with Gasteiger partial charge in [-0.1, -0.05) is 54.1 Å². The number of nitrogens with one attached hydrogen (secondary N) is 1. The van der Waals surface area contributed by atoms with Crippen LogP contribution in [0.25, 0.3) is 0 Å². The lowest BCUT2D eigenvalue weighted by Gasteiger charge is -2.21. The van der Waals surface area contributed by atoms with E-state index in [1.54, 1.807) is 6.92 Å². The third kappa shape index (κ3) is 4.27. The lowest BCUT2D eigenvalue weighted by Crippen LogP contribution is -2.30. The van der Waals surface area contributed by atoms with Gasteiger partial charge in [0, 0.05) is 32.6 Å². The quantitative estimate of drug-likeness (QED) is 0.901. The fourth-order valence-corrected chi connectivity index (χ4v) is 3.38. The minimum atomic E-state index is -0.542. The molecule has 25 heavy (non-hydrogen) atoms. The van der Waals surface area contributed by atoms with Crippen LogP contribution in [0.15, 0.2) is 48.5 Å². The molecule has 0 bridgehead atoms. The van der Waals surface area contributed by atoms with E-state index in [2.05, 4.69) is 17.4 Å². The number of hydrogen-bond donors (Lipinski definition) is 2. The molecule has 4 heteroatoms. The van der Waals surface area contributed by atoms with Crippen LogP contribution in [0.2, 0.25) is 0 Å². The van der Waals surface area contributed by atoms with Crippen LogP contribution in [-0.2, 0) is 11.3 Å². The Morgan fingerprint density at radius 3 is 2.68 bits per heavy atom. The van der Waals surface area contributed by atoms with Crippen molar-refractivity contribution in [1.82, 2.24) is 10.2 Å². The molecule has 0 aliphatic carbocycles. The fraction of sp³-hybridized carbons (Fsp3) is 0.381. The van der Waals surface area contributed by atoms with Gasteiger partial charge in [-0.25, -0.2) is 0 Å². The summed E-state index contributed by atoms with van der Waals surface area (Å²) in [4.78, 5) is 13.7. The highest BCUT2D eigenvalue weighted by Crippen LogP contribution is 2.27. The zero-order chi connectivity index (χ0) is 17.8. The van der Waals surface area contributed by atoms with Crippen molar-refractivity contribution in [2.75, 3.05) is 13.1 Å². The maximum Gasteiger partial charge on any atom is 0.219 e. The lowest BCUT2D eigenvalue weighted by molar-refractivity contribution is -0.129. The summed E-state index contributed by atoms with van der Waals surface area (Å²) in [5.41, 5.74) is 4.51. The molecule has 1 aliphatic rings. The lowest BCUT2D eigenvalue weighted by atomic mass is 9.99. The van der Waals surface area contributed by atoms with Crippen molar-refractivity contribution in [2.45, 2.75) is 39.0 Å². The van der Waals surface area contributed by atoms with Crippen molar-refractivity contribution < 1.29 is 9.90 Å². The summed E-state index contributed by atoms with van der Waals surface area (Å²) >= 11 is 0. The van der Waals surface area contributed by atoms with Crippen LogP contribution in [0.5, 0.6) is 0 Å². The number of nitrogens with zero attached hydrogens (tertiary/aromatic N) is 1.